The van der Waals surface area contributed by atoms with Gasteiger partial charge in [0, 0.05) is 0 Å². The van der Waals surface area contributed by atoms with Gasteiger partial charge in [-0.3, -0.25) is 0 Å². The molecule has 0 amide bonds. The van der Waals surface area contributed by atoms with Gasteiger partial charge in [0.1, 0.15) is 0 Å². The molecule has 0 N–H and O–H groups in total. The summed E-state index contributed by atoms with van der Waals surface area (Å²) in [6.45, 7) is 13.3. The topological polar surface area (TPSA) is 0 Å². The Kier molecular flexibility index (Phi) is 3.34. The molecule has 0 fully saturated rings. The summed E-state index contributed by atoms with van der Waals surface area (Å²) in [5.41, 5.74) is 0.889. The van der Waals surface area contributed by atoms with Crippen LogP contribution in [0, 0.1) is 10.8 Å². The zero-order valence-corrected chi connectivity index (χ0v) is 8.86. The first-order valence-electron chi connectivity index (χ1n) is 4.63. The van der Waals surface area contributed by atoms with Crippen LogP contribution in [0.15, 0.2) is 12.2 Å². The van der Waals surface area contributed by atoms with Crippen molar-refractivity contribution in [3.63, 3.8) is 0 Å². The first-order chi connectivity index (χ1) is 4.96. The van der Waals surface area contributed by atoms with Crippen molar-refractivity contribution in [1.82, 2.24) is 0 Å². The molecule has 1 rings (SSSR count). The Hall–Kier alpha value is -0.260. The molecule has 0 atom stereocenters. The van der Waals surface area contributed by atoms with Crippen LogP contribution in [-0.2, 0) is 0 Å². The Morgan fingerprint density at radius 3 is 1.55 bits per heavy atom. The second-order valence-corrected chi connectivity index (χ2v) is 4.21. The Morgan fingerprint density at radius 1 is 1.00 bits per heavy atom. The second kappa shape index (κ2) is 3.42. The van der Waals surface area contributed by atoms with Crippen molar-refractivity contribution < 1.29 is 0 Å². The molecule has 0 aliphatic heterocycles. The lowest BCUT2D eigenvalue weighted by molar-refractivity contribution is 0.190. The molecule has 0 nitrogen and oxygen atoms in total. The highest BCUT2D eigenvalue weighted by atomic mass is 14.4. The maximum absolute atomic E-state index is 2.33. The predicted octanol–water partition coefficient (Wildman–Crippen LogP) is 4.02. The van der Waals surface area contributed by atoms with Crippen molar-refractivity contribution in [3.05, 3.63) is 12.2 Å². The molecule has 0 bridgehead atoms. The summed E-state index contributed by atoms with van der Waals surface area (Å²) in [7, 11) is 0. The zero-order valence-electron chi connectivity index (χ0n) is 8.86. The first-order valence-corrected chi connectivity index (χ1v) is 4.63. The molecule has 0 heteroatoms. The smallest absolute Gasteiger partial charge is 0.0121 e. The average Bonchev–Trinajstić information content (AvgIpc) is 2.12. The van der Waals surface area contributed by atoms with Crippen LogP contribution in [0.5, 0.6) is 0 Å². The molecule has 0 aromatic carbocycles. The number of hydrogen-bond acceptors (Lipinski definition) is 0. The summed E-state index contributed by atoms with van der Waals surface area (Å²) in [6, 6.07) is 0. The number of allylic oxidation sites excluding steroid dienone is 2. The molecular formula is C11H22. The summed E-state index contributed by atoms with van der Waals surface area (Å²) in [5, 5.41) is 0. The largest absolute Gasteiger partial charge is 0.0874 e. The summed E-state index contributed by atoms with van der Waals surface area (Å²) in [4.78, 5) is 0. The molecule has 0 saturated carbocycles. The van der Waals surface area contributed by atoms with Crippen LogP contribution in [0.3, 0.4) is 0 Å². The predicted molar refractivity (Wildman–Crippen MR) is 52.7 cm³/mol. The Balaban J connectivity index is 0.000000461. The van der Waals surface area contributed by atoms with Gasteiger partial charge in [-0.2, -0.15) is 0 Å². The molecule has 1 aliphatic carbocycles. The third kappa shape index (κ3) is 2.08. The Bertz CT molecular complexity index is 138. The highest BCUT2D eigenvalue weighted by Gasteiger charge is 2.37. The quantitative estimate of drug-likeness (QED) is 0.462. The second-order valence-electron chi connectivity index (χ2n) is 4.21. The van der Waals surface area contributed by atoms with Gasteiger partial charge in [-0.1, -0.05) is 53.7 Å². The highest BCUT2D eigenvalue weighted by molar-refractivity contribution is 5.11. The van der Waals surface area contributed by atoms with Gasteiger partial charge in [0.05, 0.1) is 0 Å². The molecule has 0 unspecified atom stereocenters. The molecule has 1 aliphatic rings. The van der Waals surface area contributed by atoms with E-state index in [2.05, 4.69) is 39.8 Å². The van der Waals surface area contributed by atoms with E-state index in [1.165, 1.54) is 6.42 Å². The summed E-state index contributed by atoms with van der Waals surface area (Å²) in [5.74, 6) is 0. The molecule has 0 saturated heterocycles. The van der Waals surface area contributed by atoms with Gasteiger partial charge in [0.15, 0.2) is 0 Å². The van der Waals surface area contributed by atoms with Crippen molar-refractivity contribution in [2.45, 2.75) is 48.0 Å². The fourth-order valence-corrected chi connectivity index (χ4v) is 1.14. The molecular weight excluding hydrogens is 132 g/mol. The summed E-state index contributed by atoms with van der Waals surface area (Å²) in [6.07, 6.45) is 5.85. The SMILES string of the molecule is CC.CC1(C)C=CCC1(C)C. The maximum Gasteiger partial charge on any atom is -0.0121 e. The van der Waals surface area contributed by atoms with Crippen molar-refractivity contribution in [2.75, 3.05) is 0 Å². The fraction of sp³-hybridized carbons (Fsp3) is 0.818. The molecule has 0 aromatic rings. The van der Waals surface area contributed by atoms with Crippen LogP contribution in [0.25, 0.3) is 0 Å². The molecule has 11 heavy (non-hydrogen) atoms. The van der Waals surface area contributed by atoms with Crippen molar-refractivity contribution in [2.24, 2.45) is 10.8 Å². The van der Waals surface area contributed by atoms with Crippen LogP contribution >= 0.6 is 0 Å². The minimum absolute atomic E-state index is 0.410. The van der Waals surface area contributed by atoms with E-state index in [1.807, 2.05) is 13.8 Å². The monoisotopic (exact) mass is 154 g/mol. The van der Waals surface area contributed by atoms with Crippen LogP contribution in [0.2, 0.25) is 0 Å². The van der Waals surface area contributed by atoms with Crippen molar-refractivity contribution in [3.8, 4) is 0 Å². The molecule has 66 valence electrons. The average molecular weight is 154 g/mol. The standard InChI is InChI=1S/C9H16.C2H6/c1-8(2)6-5-7-9(8,3)4;1-2/h5-6H,7H2,1-4H3;1-2H3. The molecule has 0 radical (unpaired) electrons. The Labute approximate surface area is 71.7 Å². The normalized spacial score (nSPS) is 24.2. The van der Waals surface area contributed by atoms with Gasteiger partial charge >= 0.3 is 0 Å². The lowest BCUT2D eigenvalue weighted by Gasteiger charge is -2.34. The van der Waals surface area contributed by atoms with Gasteiger partial charge in [-0.05, 0) is 17.3 Å². The van der Waals surface area contributed by atoms with Crippen LogP contribution in [0.4, 0.5) is 0 Å². The van der Waals surface area contributed by atoms with Crippen molar-refractivity contribution in [1.29, 1.82) is 0 Å². The van der Waals surface area contributed by atoms with Gasteiger partial charge in [-0.15, -0.1) is 0 Å². The van der Waals surface area contributed by atoms with E-state index in [0.717, 1.165) is 0 Å². The van der Waals surface area contributed by atoms with Crippen LogP contribution in [-0.4, -0.2) is 0 Å². The number of hydrogen-bond donors (Lipinski definition) is 0. The van der Waals surface area contributed by atoms with E-state index in [1.54, 1.807) is 0 Å². The lowest BCUT2D eigenvalue weighted by atomic mass is 9.71. The van der Waals surface area contributed by atoms with E-state index in [0.29, 0.717) is 10.8 Å². The number of rotatable bonds is 0. The third-order valence-electron chi connectivity index (χ3n) is 2.91. The van der Waals surface area contributed by atoms with E-state index in [-0.39, 0.29) is 0 Å². The van der Waals surface area contributed by atoms with Gasteiger partial charge < -0.3 is 0 Å². The Morgan fingerprint density at radius 2 is 1.45 bits per heavy atom. The highest BCUT2D eigenvalue weighted by Crippen LogP contribution is 2.47. The fourth-order valence-electron chi connectivity index (χ4n) is 1.14. The molecule has 0 spiro atoms. The van der Waals surface area contributed by atoms with E-state index in [9.17, 15) is 0 Å². The minimum Gasteiger partial charge on any atom is -0.0874 e. The van der Waals surface area contributed by atoms with Gasteiger partial charge in [0.25, 0.3) is 0 Å². The van der Waals surface area contributed by atoms with Crippen LogP contribution < -0.4 is 0 Å². The molecule has 0 heterocycles. The molecule has 0 aromatic heterocycles. The van der Waals surface area contributed by atoms with Crippen LogP contribution in [0.1, 0.15) is 48.0 Å². The van der Waals surface area contributed by atoms with E-state index < -0.39 is 0 Å². The summed E-state index contributed by atoms with van der Waals surface area (Å²) >= 11 is 0. The van der Waals surface area contributed by atoms with Gasteiger partial charge in [0.2, 0.25) is 0 Å². The summed E-state index contributed by atoms with van der Waals surface area (Å²) < 4.78 is 0. The van der Waals surface area contributed by atoms with Gasteiger partial charge in [-0.25, -0.2) is 0 Å². The minimum atomic E-state index is 0.410. The zero-order chi connectivity index (χ0) is 9.12. The van der Waals surface area contributed by atoms with E-state index in [4.69, 9.17) is 0 Å². The lowest BCUT2D eigenvalue weighted by Crippen LogP contribution is -2.25. The maximum atomic E-state index is 2.33. The van der Waals surface area contributed by atoms with Crippen molar-refractivity contribution >= 4 is 0 Å². The first kappa shape index (κ1) is 10.7. The third-order valence-corrected chi connectivity index (χ3v) is 2.91. The van der Waals surface area contributed by atoms with E-state index >= 15 is 0 Å².